The molecule has 0 bridgehead atoms. The summed E-state index contributed by atoms with van der Waals surface area (Å²) in [5.41, 5.74) is 2.16. The molecule has 0 aromatic heterocycles. The van der Waals surface area contributed by atoms with Gasteiger partial charge in [-0.1, -0.05) is 18.9 Å². The molecule has 0 heterocycles. The Morgan fingerprint density at radius 2 is 2.05 bits per heavy atom. The molecule has 1 N–H and O–H groups in total. The van der Waals surface area contributed by atoms with Crippen LogP contribution in [0.15, 0.2) is 18.2 Å². The molecule has 1 saturated carbocycles. The molecule has 1 aromatic carbocycles. The SMILES string of the molecule is CNC(Cc1ccc(F)cc1C)C1(OC)CCCC1. The summed E-state index contributed by atoms with van der Waals surface area (Å²) in [4.78, 5) is 0. The number of hydrogen-bond donors (Lipinski definition) is 1. The maximum Gasteiger partial charge on any atom is 0.123 e. The molecule has 1 unspecified atom stereocenters. The first-order valence-corrected chi connectivity index (χ1v) is 7.09. The number of ether oxygens (including phenoxy) is 1. The lowest BCUT2D eigenvalue weighted by Crippen LogP contribution is -2.50. The third-order valence-corrected chi connectivity index (χ3v) is 4.57. The summed E-state index contributed by atoms with van der Waals surface area (Å²) >= 11 is 0. The van der Waals surface area contributed by atoms with Crippen molar-refractivity contribution in [2.24, 2.45) is 0 Å². The fraction of sp³-hybridized carbons (Fsp3) is 0.625. The van der Waals surface area contributed by atoms with E-state index in [1.807, 2.05) is 27.1 Å². The van der Waals surface area contributed by atoms with Crippen molar-refractivity contribution in [2.75, 3.05) is 14.2 Å². The van der Waals surface area contributed by atoms with Gasteiger partial charge in [0.2, 0.25) is 0 Å². The molecular formula is C16H24FNO. The molecule has 3 heteroatoms. The normalized spacial score (nSPS) is 19.6. The lowest BCUT2D eigenvalue weighted by atomic mass is 9.86. The van der Waals surface area contributed by atoms with E-state index in [4.69, 9.17) is 4.74 Å². The summed E-state index contributed by atoms with van der Waals surface area (Å²) in [5.74, 6) is -0.162. The Bertz CT molecular complexity index is 427. The Kier molecular flexibility index (Phi) is 4.58. The van der Waals surface area contributed by atoms with Crippen LogP contribution in [0.4, 0.5) is 4.39 Å². The smallest absolute Gasteiger partial charge is 0.123 e. The summed E-state index contributed by atoms with van der Waals surface area (Å²) in [7, 11) is 3.80. The van der Waals surface area contributed by atoms with Gasteiger partial charge in [0, 0.05) is 13.2 Å². The number of rotatable bonds is 5. The van der Waals surface area contributed by atoms with Crippen LogP contribution < -0.4 is 5.32 Å². The highest BCUT2D eigenvalue weighted by Gasteiger charge is 2.40. The van der Waals surface area contributed by atoms with Gasteiger partial charge < -0.3 is 10.1 Å². The predicted octanol–water partition coefficient (Wildman–Crippen LogP) is 3.22. The number of methoxy groups -OCH3 is 1. The first kappa shape index (κ1) is 14.5. The van der Waals surface area contributed by atoms with Crippen LogP contribution in [0, 0.1) is 12.7 Å². The molecule has 0 spiro atoms. The topological polar surface area (TPSA) is 21.3 Å². The molecule has 2 nitrogen and oxygen atoms in total. The Morgan fingerprint density at radius 3 is 2.58 bits per heavy atom. The molecule has 2 rings (SSSR count). The summed E-state index contributed by atoms with van der Waals surface area (Å²) in [6.45, 7) is 1.97. The largest absolute Gasteiger partial charge is 0.377 e. The number of benzene rings is 1. The minimum absolute atomic E-state index is 0.0599. The highest BCUT2D eigenvalue weighted by Crippen LogP contribution is 2.37. The maximum absolute atomic E-state index is 13.2. The number of likely N-dealkylation sites (N-methyl/N-ethyl adjacent to an activating group) is 1. The van der Waals surface area contributed by atoms with E-state index in [0.717, 1.165) is 24.8 Å². The summed E-state index contributed by atoms with van der Waals surface area (Å²) < 4.78 is 19.0. The zero-order chi connectivity index (χ0) is 13.9. The molecule has 1 aliphatic rings. The summed E-state index contributed by atoms with van der Waals surface area (Å²) in [6.07, 6.45) is 5.56. The van der Waals surface area contributed by atoms with Crippen LogP contribution in [-0.2, 0) is 11.2 Å². The van der Waals surface area contributed by atoms with Gasteiger partial charge in [-0.25, -0.2) is 4.39 Å². The lowest BCUT2D eigenvalue weighted by Gasteiger charge is -2.36. The second kappa shape index (κ2) is 6.02. The molecule has 0 aliphatic heterocycles. The van der Waals surface area contributed by atoms with E-state index in [1.54, 1.807) is 12.1 Å². The standard InChI is InChI=1S/C16H24FNO/c1-12-10-14(17)7-6-13(12)11-15(18-2)16(19-3)8-4-5-9-16/h6-7,10,15,18H,4-5,8-9,11H2,1-3H3. The Labute approximate surface area is 115 Å². The highest BCUT2D eigenvalue weighted by atomic mass is 19.1. The highest BCUT2D eigenvalue weighted by molar-refractivity contribution is 5.28. The monoisotopic (exact) mass is 265 g/mol. The van der Waals surface area contributed by atoms with Gasteiger partial charge in [0.1, 0.15) is 5.82 Å². The average Bonchev–Trinajstić information content (AvgIpc) is 2.88. The number of nitrogens with one attached hydrogen (secondary N) is 1. The quantitative estimate of drug-likeness (QED) is 0.882. The van der Waals surface area contributed by atoms with Crippen molar-refractivity contribution >= 4 is 0 Å². The van der Waals surface area contributed by atoms with Crippen molar-refractivity contribution in [2.45, 2.75) is 50.7 Å². The molecule has 106 valence electrons. The summed E-state index contributed by atoms with van der Waals surface area (Å²) in [5, 5.41) is 3.41. The van der Waals surface area contributed by atoms with Crippen LogP contribution in [0.25, 0.3) is 0 Å². The van der Waals surface area contributed by atoms with E-state index in [-0.39, 0.29) is 17.5 Å². The van der Waals surface area contributed by atoms with Gasteiger partial charge in [-0.05, 0) is 56.5 Å². The number of halogens is 1. The molecule has 0 radical (unpaired) electrons. The van der Waals surface area contributed by atoms with Gasteiger partial charge in [-0.3, -0.25) is 0 Å². The minimum Gasteiger partial charge on any atom is -0.377 e. The van der Waals surface area contributed by atoms with Gasteiger partial charge in [-0.2, -0.15) is 0 Å². The third kappa shape index (κ3) is 2.98. The molecule has 0 amide bonds. The fourth-order valence-corrected chi connectivity index (χ4v) is 3.33. The van der Waals surface area contributed by atoms with Crippen molar-refractivity contribution < 1.29 is 9.13 Å². The van der Waals surface area contributed by atoms with Gasteiger partial charge in [0.15, 0.2) is 0 Å². The molecule has 19 heavy (non-hydrogen) atoms. The van der Waals surface area contributed by atoms with Crippen LogP contribution >= 0.6 is 0 Å². The zero-order valence-corrected chi connectivity index (χ0v) is 12.1. The number of hydrogen-bond acceptors (Lipinski definition) is 2. The lowest BCUT2D eigenvalue weighted by molar-refractivity contribution is -0.0336. The second-order valence-electron chi connectivity index (χ2n) is 5.59. The van der Waals surface area contributed by atoms with Gasteiger partial charge in [-0.15, -0.1) is 0 Å². The van der Waals surface area contributed by atoms with Gasteiger partial charge in [0.25, 0.3) is 0 Å². The van der Waals surface area contributed by atoms with Crippen molar-refractivity contribution in [3.8, 4) is 0 Å². The Balaban J connectivity index is 2.18. The van der Waals surface area contributed by atoms with Crippen molar-refractivity contribution in [3.05, 3.63) is 35.1 Å². The van der Waals surface area contributed by atoms with E-state index in [9.17, 15) is 4.39 Å². The Hall–Kier alpha value is -0.930. The molecule has 0 saturated heterocycles. The third-order valence-electron chi connectivity index (χ3n) is 4.57. The molecule has 1 aliphatic carbocycles. The second-order valence-corrected chi connectivity index (χ2v) is 5.59. The molecule has 1 fully saturated rings. The molecule has 1 aromatic rings. The minimum atomic E-state index is -0.162. The number of aryl methyl sites for hydroxylation is 1. The average molecular weight is 265 g/mol. The van der Waals surface area contributed by atoms with Crippen molar-refractivity contribution in [1.29, 1.82) is 0 Å². The van der Waals surface area contributed by atoms with E-state index < -0.39 is 0 Å². The van der Waals surface area contributed by atoms with E-state index in [1.165, 1.54) is 18.4 Å². The van der Waals surface area contributed by atoms with Gasteiger partial charge >= 0.3 is 0 Å². The van der Waals surface area contributed by atoms with E-state index in [0.29, 0.717) is 0 Å². The van der Waals surface area contributed by atoms with Crippen LogP contribution in [0.1, 0.15) is 36.8 Å². The first-order chi connectivity index (χ1) is 9.11. The predicted molar refractivity (Wildman–Crippen MR) is 75.9 cm³/mol. The fourth-order valence-electron chi connectivity index (χ4n) is 3.33. The van der Waals surface area contributed by atoms with E-state index >= 15 is 0 Å². The van der Waals surface area contributed by atoms with Crippen LogP contribution in [0.5, 0.6) is 0 Å². The van der Waals surface area contributed by atoms with Crippen molar-refractivity contribution in [3.63, 3.8) is 0 Å². The Morgan fingerprint density at radius 1 is 1.37 bits per heavy atom. The van der Waals surface area contributed by atoms with Crippen LogP contribution in [-0.4, -0.2) is 25.8 Å². The van der Waals surface area contributed by atoms with Crippen LogP contribution in [0.2, 0.25) is 0 Å². The van der Waals surface area contributed by atoms with E-state index in [2.05, 4.69) is 5.32 Å². The zero-order valence-electron chi connectivity index (χ0n) is 12.1. The molecule has 1 atom stereocenters. The molecular weight excluding hydrogens is 241 g/mol. The maximum atomic E-state index is 13.2. The van der Waals surface area contributed by atoms with Crippen molar-refractivity contribution in [1.82, 2.24) is 5.32 Å². The first-order valence-electron chi connectivity index (χ1n) is 7.09. The summed E-state index contributed by atoms with van der Waals surface area (Å²) in [6, 6.07) is 5.33. The van der Waals surface area contributed by atoms with Gasteiger partial charge in [0.05, 0.1) is 5.60 Å². The van der Waals surface area contributed by atoms with Crippen LogP contribution in [0.3, 0.4) is 0 Å².